The van der Waals surface area contributed by atoms with Gasteiger partial charge in [-0.25, -0.2) is 4.39 Å². The van der Waals surface area contributed by atoms with Gasteiger partial charge >= 0.3 is 5.97 Å². The van der Waals surface area contributed by atoms with Gasteiger partial charge in [0.1, 0.15) is 5.82 Å². The maximum atomic E-state index is 14.0. The van der Waals surface area contributed by atoms with Crippen molar-refractivity contribution in [3.8, 4) is 0 Å². The highest BCUT2D eigenvalue weighted by Gasteiger charge is 2.51. The summed E-state index contributed by atoms with van der Waals surface area (Å²) in [6.45, 7) is 8.04. The van der Waals surface area contributed by atoms with Crippen molar-refractivity contribution in [1.82, 2.24) is 15.1 Å². The highest BCUT2D eigenvalue weighted by molar-refractivity contribution is 6.36. The standard InChI is InChI=1S/C28H38Cl2FN3O3/c1-18-5-3-4-6-20(18)15-33-11-9-21(10-12-33)32-27(37)28(13-25(35)36)17-34(14-19(28)2)16-22-23(29)7-8-24(31)26(22)30/h7-8,19,21H,3-6,9-17H2,1-2H3,(H,32,37)(H,35,36)/t19-,28+/m0/s1. The Balaban J connectivity index is 1.40. The summed E-state index contributed by atoms with van der Waals surface area (Å²) in [7, 11) is 0. The number of carboxylic acids is 1. The normalized spacial score (nSPS) is 26.0. The lowest BCUT2D eigenvalue weighted by molar-refractivity contribution is -0.147. The monoisotopic (exact) mass is 553 g/mol. The van der Waals surface area contributed by atoms with Crippen LogP contribution in [0.5, 0.6) is 0 Å². The Bertz CT molecular complexity index is 1060. The number of allylic oxidation sites excluding steroid dienone is 1. The van der Waals surface area contributed by atoms with Crippen molar-refractivity contribution in [3.63, 3.8) is 0 Å². The van der Waals surface area contributed by atoms with Crippen molar-refractivity contribution in [1.29, 1.82) is 0 Å². The van der Waals surface area contributed by atoms with E-state index in [4.69, 9.17) is 23.2 Å². The number of piperidine rings is 1. The fourth-order valence-electron chi connectivity index (χ4n) is 6.28. The van der Waals surface area contributed by atoms with Crippen LogP contribution in [0, 0.1) is 17.2 Å². The minimum atomic E-state index is -1.07. The van der Waals surface area contributed by atoms with Crippen molar-refractivity contribution in [2.75, 3.05) is 32.7 Å². The van der Waals surface area contributed by atoms with Crippen LogP contribution in [-0.2, 0) is 16.1 Å². The number of aliphatic carboxylic acids is 1. The van der Waals surface area contributed by atoms with Crippen molar-refractivity contribution < 1.29 is 19.1 Å². The molecular formula is C28H38Cl2FN3O3. The Kier molecular flexibility index (Phi) is 9.21. The van der Waals surface area contributed by atoms with Crippen LogP contribution < -0.4 is 5.32 Å². The van der Waals surface area contributed by atoms with Crippen LogP contribution >= 0.6 is 23.2 Å². The Morgan fingerprint density at radius 2 is 1.84 bits per heavy atom. The fourth-order valence-corrected chi connectivity index (χ4v) is 6.77. The molecule has 0 bridgehead atoms. The van der Waals surface area contributed by atoms with Crippen LogP contribution in [0.25, 0.3) is 0 Å². The van der Waals surface area contributed by atoms with E-state index in [0.717, 1.165) is 32.5 Å². The topological polar surface area (TPSA) is 72.9 Å². The maximum Gasteiger partial charge on any atom is 0.304 e. The molecule has 2 saturated heterocycles. The molecule has 9 heteroatoms. The average Bonchev–Trinajstić information content (AvgIpc) is 3.17. The molecule has 2 atom stereocenters. The number of likely N-dealkylation sites (tertiary alicyclic amines) is 2. The minimum absolute atomic E-state index is 0.0317. The SMILES string of the molecule is CC1=C(CN2CCC(NC(=O)[C@]3(CC(=O)O)CN(Cc4c(Cl)ccc(F)c4Cl)C[C@@H]3C)CC2)CCCC1. The molecule has 2 fully saturated rings. The van der Waals surface area contributed by atoms with Gasteiger partial charge in [-0.05, 0) is 63.5 Å². The molecule has 2 N–H and O–H groups in total. The van der Waals surface area contributed by atoms with Gasteiger partial charge in [0.2, 0.25) is 5.91 Å². The number of nitrogens with zero attached hydrogens (tertiary/aromatic N) is 2. The first-order chi connectivity index (χ1) is 17.6. The highest BCUT2D eigenvalue weighted by Crippen LogP contribution is 2.41. The predicted octanol–water partition coefficient (Wildman–Crippen LogP) is 5.52. The predicted molar refractivity (Wildman–Crippen MR) is 144 cm³/mol. The average molecular weight is 555 g/mol. The van der Waals surface area contributed by atoms with Gasteiger partial charge in [-0.1, -0.05) is 41.3 Å². The Morgan fingerprint density at radius 1 is 1.14 bits per heavy atom. The van der Waals surface area contributed by atoms with E-state index in [1.807, 2.05) is 11.8 Å². The minimum Gasteiger partial charge on any atom is -0.481 e. The highest BCUT2D eigenvalue weighted by atomic mass is 35.5. The molecule has 3 aliphatic rings. The van der Waals surface area contributed by atoms with Gasteiger partial charge in [-0.3, -0.25) is 19.4 Å². The van der Waals surface area contributed by atoms with E-state index in [1.54, 1.807) is 5.57 Å². The zero-order valence-electron chi connectivity index (χ0n) is 21.8. The van der Waals surface area contributed by atoms with Gasteiger partial charge in [-0.15, -0.1) is 0 Å². The number of carboxylic acid groups (broad SMARTS) is 1. The lowest BCUT2D eigenvalue weighted by Gasteiger charge is -2.37. The van der Waals surface area contributed by atoms with Crippen LogP contribution in [-0.4, -0.2) is 65.5 Å². The molecule has 0 aromatic heterocycles. The molecule has 1 aromatic carbocycles. The summed E-state index contributed by atoms with van der Waals surface area (Å²) in [4.78, 5) is 30.0. The van der Waals surface area contributed by atoms with Gasteiger partial charge < -0.3 is 10.4 Å². The summed E-state index contributed by atoms with van der Waals surface area (Å²) in [6.07, 6.45) is 6.42. The first kappa shape index (κ1) is 28.3. The summed E-state index contributed by atoms with van der Waals surface area (Å²) >= 11 is 12.5. The van der Waals surface area contributed by atoms with E-state index in [-0.39, 0.29) is 42.4 Å². The lowest BCUT2D eigenvalue weighted by atomic mass is 9.75. The number of hydrogen-bond acceptors (Lipinski definition) is 4. The number of amides is 1. The van der Waals surface area contributed by atoms with E-state index >= 15 is 0 Å². The van der Waals surface area contributed by atoms with Gasteiger partial charge in [-0.2, -0.15) is 0 Å². The molecule has 2 aliphatic heterocycles. The summed E-state index contributed by atoms with van der Waals surface area (Å²) in [5, 5.41) is 13.2. The molecule has 1 aromatic rings. The molecule has 2 heterocycles. The fraction of sp³-hybridized carbons (Fsp3) is 0.643. The second-order valence-electron chi connectivity index (χ2n) is 11.2. The molecule has 37 heavy (non-hydrogen) atoms. The third-order valence-electron chi connectivity index (χ3n) is 8.64. The molecular weight excluding hydrogens is 516 g/mol. The van der Waals surface area contributed by atoms with Crippen molar-refractivity contribution >= 4 is 35.1 Å². The maximum absolute atomic E-state index is 14.0. The second-order valence-corrected chi connectivity index (χ2v) is 12.0. The Hall–Kier alpha value is -1.67. The van der Waals surface area contributed by atoms with E-state index < -0.39 is 17.2 Å². The summed E-state index contributed by atoms with van der Waals surface area (Å²) in [5.41, 5.74) is 2.50. The van der Waals surface area contributed by atoms with Crippen LogP contribution in [0.1, 0.15) is 64.4 Å². The molecule has 0 saturated carbocycles. The number of carbonyl (C=O) groups is 2. The van der Waals surface area contributed by atoms with E-state index in [9.17, 15) is 19.1 Å². The van der Waals surface area contributed by atoms with Crippen LogP contribution in [0.2, 0.25) is 10.0 Å². The molecule has 4 rings (SSSR count). The molecule has 0 unspecified atom stereocenters. The van der Waals surface area contributed by atoms with E-state index in [2.05, 4.69) is 17.1 Å². The van der Waals surface area contributed by atoms with Crippen LogP contribution in [0.3, 0.4) is 0 Å². The Labute approximate surface area is 229 Å². The number of hydrogen-bond donors (Lipinski definition) is 2. The van der Waals surface area contributed by atoms with Crippen LogP contribution in [0.15, 0.2) is 23.3 Å². The van der Waals surface area contributed by atoms with Gasteiger partial charge in [0.05, 0.1) is 16.9 Å². The Morgan fingerprint density at radius 3 is 2.51 bits per heavy atom. The van der Waals surface area contributed by atoms with Gasteiger partial charge in [0.25, 0.3) is 0 Å². The summed E-state index contributed by atoms with van der Waals surface area (Å²) < 4.78 is 14.0. The molecule has 6 nitrogen and oxygen atoms in total. The molecule has 204 valence electrons. The number of halogens is 3. The van der Waals surface area contributed by atoms with E-state index in [0.29, 0.717) is 17.1 Å². The third kappa shape index (κ3) is 6.49. The second kappa shape index (κ2) is 12.0. The first-order valence-corrected chi connectivity index (χ1v) is 14.1. The number of rotatable bonds is 8. The molecule has 1 amide bonds. The van der Waals surface area contributed by atoms with Gasteiger partial charge in [0, 0.05) is 55.9 Å². The van der Waals surface area contributed by atoms with Crippen LogP contribution in [0.4, 0.5) is 4.39 Å². The molecule has 0 spiro atoms. The van der Waals surface area contributed by atoms with E-state index in [1.165, 1.54) is 43.4 Å². The number of benzene rings is 1. The van der Waals surface area contributed by atoms with Gasteiger partial charge in [0.15, 0.2) is 0 Å². The third-order valence-corrected chi connectivity index (χ3v) is 9.40. The van der Waals surface area contributed by atoms with Crippen molar-refractivity contribution in [2.45, 2.75) is 71.4 Å². The number of carbonyl (C=O) groups excluding carboxylic acids is 1. The summed E-state index contributed by atoms with van der Waals surface area (Å²) in [6, 6.07) is 2.72. The quantitative estimate of drug-likeness (QED) is 0.327. The molecule has 0 radical (unpaired) electrons. The lowest BCUT2D eigenvalue weighted by Crippen LogP contribution is -2.53. The zero-order chi connectivity index (χ0) is 26.7. The smallest absolute Gasteiger partial charge is 0.304 e. The first-order valence-electron chi connectivity index (χ1n) is 13.4. The van der Waals surface area contributed by atoms with Crippen molar-refractivity contribution in [3.05, 3.63) is 44.7 Å². The molecule has 1 aliphatic carbocycles. The zero-order valence-corrected chi connectivity index (χ0v) is 23.3. The largest absolute Gasteiger partial charge is 0.481 e. The van der Waals surface area contributed by atoms with Crippen molar-refractivity contribution in [2.24, 2.45) is 11.3 Å². The number of nitrogens with one attached hydrogen (secondary N) is 1. The summed E-state index contributed by atoms with van der Waals surface area (Å²) in [5.74, 6) is -1.96.